The molecule has 0 aliphatic carbocycles. The highest BCUT2D eigenvalue weighted by molar-refractivity contribution is 7.80. The van der Waals surface area contributed by atoms with Crippen molar-refractivity contribution in [3.8, 4) is 5.75 Å². The normalized spacial score (nSPS) is 14.2. The van der Waals surface area contributed by atoms with Gasteiger partial charge in [-0.25, -0.2) is 4.79 Å². The second-order valence-electron chi connectivity index (χ2n) is 8.76. The number of thiol groups is 1. The van der Waals surface area contributed by atoms with Gasteiger partial charge in [0.25, 0.3) is 0 Å². The first kappa shape index (κ1) is 30.7. The molecule has 4 amide bonds. The van der Waals surface area contributed by atoms with E-state index in [0.29, 0.717) is 0 Å². The topological polar surface area (TPSA) is 200 Å². The molecule has 4 atom stereocenters. The average molecular weight is 526 g/mol. The van der Waals surface area contributed by atoms with Crippen LogP contribution in [0.25, 0.3) is 0 Å². The predicted octanol–water partition coefficient (Wildman–Crippen LogP) is -1.09. The Hall–Kier alpha value is -3.32. The Labute approximate surface area is 215 Å². The Balaban J connectivity index is 2.54. The lowest BCUT2D eigenvalue weighted by molar-refractivity contribution is -0.142. The number of hydrogen-bond donors (Lipinski definition) is 8. The van der Waals surface area contributed by atoms with Gasteiger partial charge >= 0.3 is 5.97 Å². The monoisotopic (exact) mass is 525 g/mol. The van der Waals surface area contributed by atoms with E-state index in [-0.39, 0.29) is 30.3 Å². The molecule has 0 aromatic heterocycles. The molecule has 0 radical (unpaired) electrons. The van der Waals surface area contributed by atoms with E-state index in [4.69, 9.17) is 5.73 Å². The molecule has 1 aromatic carbocycles. The molecular weight excluding hydrogens is 490 g/mol. The van der Waals surface area contributed by atoms with E-state index in [0.717, 1.165) is 5.56 Å². The van der Waals surface area contributed by atoms with Crippen LogP contribution in [0.15, 0.2) is 24.3 Å². The average Bonchev–Trinajstić information content (AvgIpc) is 2.81. The number of carbonyl (C=O) groups excluding carboxylic acids is 4. The molecular formula is C23H35N5O7S. The predicted molar refractivity (Wildman–Crippen MR) is 135 cm³/mol. The van der Waals surface area contributed by atoms with Crippen molar-refractivity contribution in [3.05, 3.63) is 29.8 Å². The first-order valence-electron chi connectivity index (χ1n) is 11.4. The Morgan fingerprint density at radius 3 is 2.06 bits per heavy atom. The molecule has 0 fully saturated rings. The highest BCUT2D eigenvalue weighted by atomic mass is 32.1. The molecule has 0 saturated carbocycles. The number of carboxylic acids is 1. The number of phenols is 1. The molecule has 1 rings (SSSR count). The molecule has 0 saturated heterocycles. The van der Waals surface area contributed by atoms with Gasteiger partial charge in [0, 0.05) is 5.75 Å². The van der Waals surface area contributed by atoms with Gasteiger partial charge < -0.3 is 37.2 Å². The van der Waals surface area contributed by atoms with Crippen molar-refractivity contribution in [2.24, 2.45) is 11.7 Å². The number of phenolic OH excluding ortho intramolecular Hbond substituents is 1. The molecule has 8 N–H and O–H groups in total. The van der Waals surface area contributed by atoms with Gasteiger partial charge in [-0.15, -0.1) is 0 Å². The molecule has 0 unspecified atom stereocenters. The fraction of sp³-hybridized carbons (Fsp3) is 0.522. The summed E-state index contributed by atoms with van der Waals surface area (Å²) in [5.41, 5.74) is 6.64. The Bertz CT molecular complexity index is 926. The number of nitrogens with one attached hydrogen (secondary N) is 4. The fourth-order valence-electron chi connectivity index (χ4n) is 3.09. The van der Waals surface area contributed by atoms with E-state index in [9.17, 15) is 34.2 Å². The zero-order valence-corrected chi connectivity index (χ0v) is 21.4. The van der Waals surface area contributed by atoms with E-state index in [1.165, 1.54) is 19.1 Å². The van der Waals surface area contributed by atoms with Crippen molar-refractivity contribution in [2.45, 2.75) is 57.8 Å². The molecule has 0 spiro atoms. The van der Waals surface area contributed by atoms with E-state index in [2.05, 4.69) is 33.9 Å². The number of aliphatic carboxylic acids is 1. The summed E-state index contributed by atoms with van der Waals surface area (Å²) >= 11 is 4.08. The van der Waals surface area contributed by atoms with Gasteiger partial charge in [0.15, 0.2) is 0 Å². The summed E-state index contributed by atoms with van der Waals surface area (Å²) in [6.45, 7) is 4.55. The first-order chi connectivity index (χ1) is 16.8. The summed E-state index contributed by atoms with van der Waals surface area (Å²) in [5, 5.41) is 28.1. The minimum atomic E-state index is -1.17. The van der Waals surface area contributed by atoms with Crippen LogP contribution >= 0.6 is 12.6 Å². The highest BCUT2D eigenvalue weighted by Crippen LogP contribution is 2.11. The maximum Gasteiger partial charge on any atom is 0.326 e. The van der Waals surface area contributed by atoms with Gasteiger partial charge in [0.1, 0.15) is 23.9 Å². The van der Waals surface area contributed by atoms with Crippen LogP contribution in [0.3, 0.4) is 0 Å². The molecule has 200 valence electrons. The third-order valence-electron chi connectivity index (χ3n) is 5.06. The van der Waals surface area contributed by atoms with Crippen LogP contribution in [0.4, 0.5) is 0 Å². The van der Waals surface area contributed by atoms with Crippen LogP contribution in [0.2, 0.25) is 0 Å². The van der Waals surface area contributed by atoms with Crippen LogP contribution in [-0.2, 0) is 30.4 Å². The summed E-state index contributed by atoms with van der Waals surface area (Å²) in [6.07, 6.45) is 0.407. The number of nitrogens with two attached hydrogens (primary N) is 1. The summed E-state index contributed by atoms with van der Waals surface area (Å²) in [6, 6.07) is 2.02. The minimum absolute atomic E-state index is 0.0406. The lowest BCUT2D eigenvalue weighted by atomic mass is 10.0. The SMILES string of the molecule is CC(C)C[C@H](NC(=O)CNC(=O)[C@H](C)NC(=O)[C@H](CS)NC(=O)[C@@H](N)Cc1ccc(O)cc1)C(=O)O. The van der Waals surface area contributed by atoms with E-state index in [1.807, 2.05) is 13.8 Å². The maximum absolute atomic E-state index is 12.5. The number of carbonyl (C=O) groups is 5. The largest absolute Gasteiger partial charge is 0.508 e. The second kappa shape index (κ2) is 14.9. The summed E-state index contributed by atoms with van der Waals surface area (Å²) in [5.74, 6) is -3.75. The number of amides is 4. The Kier molecular flexibility index (Phi) is 12.7. The molecule has 12 nitrogen and oxygen atoms in total. The minimum Gasteiger partial charge on any atom is -0.508 e. The van der Waals surface area contributed by atoms with Crippen LogP contribution in [-0.4, -0.2) is 76.3 Å². The van der Waals surface area contributed by atoms with E-state index >= 15 is 0 Å². The number of aromatic hydroxyl groups is 1. The molecule has 0 aliphatic heterocycles. The molecule has 0 bridgehead atoms. The first-order valence-corrected chi connectivity index (χ1v) is 12.0. The van der Waals surface area contributed by atoms with Crippen molar-refractivity contribution in [1.82, 2.24) is 21.3 Å². The van der Waals surface area contributed by atoms with Gasteiger partial charge in [0.05, 0.1) is 12.6 Å². The van der Waals surface area contributed by atoms with Crippen molar-refractivity contribution in [1.29, 1.82) is 0 Å². The van der Waals surface area contributed by atoms with Gasteiger partial charge in [-0.3, -0.25) is 19.2 Å². The molecule has 1 aromatic rings. The highest BCUT2D eigenvalue weighted by Gasteiger charge is 2.26. The van der Waals surface area contributed by atoms with Crippen LogP contribution in [0.5, 0.6) is 5.75 Å². The zero-order chi connectivity index (χ0) is 27.4. The number of hydrogen-bond acceptors (Lipinski definition) is 8. The van der Waals surface area contributed by atoms with Gasteiger partial charge in [0.2, 0.25) is 23.6 Å². The molecule has 36 heavy (non-hydrogen) atoms. The molecule has 13 heteroatoms. The van der Waals surface area contributed by atoms with Crippen LogP contribution < -0.4 is 27.0 Å². The third kappa shape index (κ3) is 11.0. The second-order valence-corrected chi connectivity index (χ2v) is 9.12. The Morgan fingerprint density at radius 2 is 1.53 bits per heavy atom. The summed E-state index contributed by atoms with van der Waals surface area (Å²) in [4.78, 5) is 60.5. The van der Waals surface area contributed by atoms with E-state index < -0.39 is 60.3 Å². The van der Waals surface area contributed by atoms with E-state index in [1.54, 1.807) is 12.1 Å². The molecule has 0 heterocycles. The van der Waals surface area contributed by atoms with Crippen molar-refractivity contribution >= 4 is 42.2 Å². The smallest absolute Gasteiger partial charge is 0.326 e. The molecule has 0 aliphatic rings. The van der Waals surface area contributed by atoms with Crippen LogP contribution in [0.1, 0.15) is 32.8 Å². The van der Waals surface area contributed by atoms with Gasteiger partial charge in [-0.2, -0.15) is 12.6 Å². The fourth-order valence-corrected chi connectivity index (χ4v) is 3.35. The number of rotatable bonds is 14. The summed E-state index contributed by atoms with van der Waals surface area (Å²) < 4.78 is 0. The van der Waals surface area contributed by atoms with Gasteiger partial charge in [-0.1, -0.05) is 26.0 Å². The zero-order valence-electron chi connectivity index (χ0n) is 20.5. The van der Waals surface area contributed by atoms with Crippen molar-refractivity contribution < 1.29 is 34.2 Å². The summed E-state index contributed by atoms with van der Waals surface area (Å²) in [7, 11) is 0. The lowest BCUT2D eigenvalue weighted by Crippen LogP contribution is -2.56. The van der Waals surface area contributed by atoms with Crippen molar-refractivity contribution in [3.63, 3.8) is 0 Å². The quantitative estimate of drug-likeness (QED) is 0.140. The maximum atomic E-state index is 12.5. The Morgan fingerprint density at radius 1 is 0.917 bits per heavy atom. The van der Waals surface area contributed by atoms with Gasteiger partial charge in [-0.05, 0) is 43.4 Å². The number of benzene rings is 1. The standard InChI is InChI=1S/C23H35N5O7S/c1-12(2)8-17(23(34)35)27-19(30)10-25-20(31)13(3)26-22(33)18(11-36)28-21(32)16(24)9-14-4-6-15(29)7-5-14/h4-7,12-13,16-18,29,36H,8-11,24H2,1-3H3,(H,25,31)(H,26,33)(H,27,30)(H,28,32)(H,34,35)/t13-,16-,17-,18-/m0/s1. The number of carboxylic acid groups (broad SMARTS) is 1. The lowest BCUT2D eigenvalue weighted by Gasteiger charge is -2.21. The third-order valence-corrected chi connectivity index (χ3v) is 5.43. The van der Waals surface area contributed by atoms with Crippen LogP contribution in [0, 0.1) is 5.92 Å². The van der Waals surface area contributed by atoms with Crippen molar-refractivity contribution in [2.75, 3.05) is 12.3 Å².